The van der Waals surface area contributed by atoms with Crippen LogP contribution >= 0.6 is 11.8 Å². The van der Waals surface area contributed by atoms with Crippen molar-refractivity contribution in [3.8, 4) is 0 Å². The molecule has 0 bridgehead atoms. The Morgan fingerprint density at radius 3 is 3.04 bits per heavy atom. The van der Waals surface area contributed by atoms with Gasteiger partial charge in [0.1, 0.15) is 0 Å². The van der Waals surface area contributed by atoms with E-state index in [1.807, 2.05) is 23.9 Å². The molecule has 0 aromatic heterocycles. The maximum absolute atomic E-state index is 12.2. The molecule has 3 rings (SSSR count). The second kappa shape index (κ2) is 8.68. The van der Waals surface area contributed by atoms with Crippen LogP contribution in [0.3, 0.4) is 0 Å². The Bertz CT molecular complexity index is 514. The lowest BCUT2D eigenvalue weighted by molar-refractivity contribution is -0.117. The summed E-state index contributed by atoms with van der Waals surface area (Å²) in [5.41, 5.74) is 2.14. The van der Waals surface area contributed by atoms with Crippen molar-refractivity contribution in [2.45, 2.75) is 19.0 Å². The molecule has 2 saturated heterocycles. The Hall–Kier alpha value is -1.08. The van der Waals surface area contributed by atoms with Gasteiger partial charge >= 0.3 is 0 Å². The van der Waals surface area contributed by atoms with Gasteiger partial charge in [0.15, 0.2) is 0 Å². The van der Waals surface area contributed by atoms with Crippen LogP contribution in [0, 0.1) is 0 Å². The third kappa shape index (κ3) is 5.49. The number of amides is 1. The molecule has 5 nitrogen and oxygen atoms in total. The van der Waals surface area contributed by atoms with Crippen LogP contribution in [0.2, 0.25) is 0 Å². The molecule has 0 aliphatic carbocycles. The second-order valence-electron chi connectivity index (χ2n) is 6.07. The Morgan fingerprint density at radius 2 is 2.26 bits per heavy atom. The number of thioether (sulfide) groups is 1. The lowest BCUT2D eigenvalue weighted by atomic mass is 10.1. The number of morpholine rings is 1. The number of carbonyl (C=O) groups excluding carboxylic acids is 1. The topological polar surface area (TPSA) is 53.6 Å². The average Bonchev–Trinajstić information content (AvgIpc) is 2.57. The number of hydrogen-bond donors (Lipinski definition) is 2. The third-order valence-corrected chi connectivity index (χ3v) is 5.09. The number of anilines is 1. The van der Waals surface area contributed by atoms with E-state index in [4.69, 9.17) is 4.74 Å². The summed E-state index contributed by atoms with van der Waals surface area (Å²) in [6.45, 7) is 5.42. The lowest BCUT2D eigenvalue weighted by Gasteiger charge is -2.26. The van der Waals surface area contributed by atoms with Gasteiger partial charge in [-0.15, -0.1) is 0 Å². The van der Waals surface area contributed by atoms with Gasteiger partial charge in [0.25, 0.3) is 0 Å². The largest absolute Gasteiger partial charge is 0.378 e. The zero-order valence-corrected chi connectivity index (χ0v) is 14.2. The highest BCUT2D eigenvalue weighted by molar-refractivity contribution is 7.99. The van der Waals surface area contributed by atoms with E-state index in [1.165, 1.54) is 17.1 Å². The van der Waals surface area contributed by atoms with Crippen molar-refractivity contribution < 1.29 is 9.53 Å². The Kier molecular flexibility index (Phi) is 6.33. The van der Waals surface area contributed by atoms with Crippen molar-refractivity contribution in [2.75, 3.05) is 49.7 Å². The van der Waals surface area contributed by atoms with Crippen LogP contribution in [0.25, 0.3) is 0 Å². The van der Waals surface area contributed by atoms with E-state index in [2.05, 4.69) is 27.7 Å². The average molecular weight is 335 g/mol. The quantitative estimate of drug-likeness (QED) is 0.855. The molecule has 2 aliphatic rings. The number of rotatable bonds is 5. The molecule has 2 heterocycles. The van der Waals surface area contributed by atoms with Crippen LogP contribution in [-0.4, -0.2) is 61.2 Å². The summed E-state index contributed by atoms with van der Waals surface area (Å²) in [7, 11) is 0. The molecule has 1 aromatic rings. The van der Waals surface area contributed by atoms with Gasteiger partial charge in [0.05, 0.1) is 13.2 Å². The van der Waals surface area contributed by atoms with Crippen LogP contribution in [0.15, 0.2) is 24.3 Å². The number of hydrogen-bond acceptors (Lipinski definition) is 5. The first-order valence-corrected chi connectivity index (χ1v) is 9.45. The third-order valence-electron chi connectivity index (χ3n) is 4.15. The van der Waals surface area contributed by atoms with E-state index < -0.39 is 0 Å². The number of carbonyl (C=O) groups is 1. The zero-order chi connectivity index (χ0) is 15.9. The maximum Gasteiger partial charge on any atom is 0.226 e. The van der Waals surface area contributed by atoms with Gasteiger partial charge in [0.2, 0.25) is 5.91 Å². The maximum atomic E-state index is 12.2. The van der Waals surface area contributed by atoms with Gasteiger partial charge in [-0.2, -0.15) is 11.8 Å². The van der Waals surface area contributed by atoms with Crippen molar-refractivity contribution in [3.63, 3.8) is 0 Å². The lowest BCUT2D eigenvalue weighted by Crippen LogP contribution is -2.43. The van der Waals surface area contributed by atoms with Crippen LogP contribution in [0.1, 0.15) is 12.0 Å². The summed E-state index contributed by atoms with van der Waals surface area (Å²) in [5, 5.41) is 6.32. The molecule has 2 N–H and O–H groups in total. The standard InChI is InChI=1S/C17H25N3O2S/c21-17(11-16-13-22-7-4-18-16)19-15-3-1-2-14(10-15)12-20-5-8-23-9-6-20/h1-3,10,16,18H,4-9,11-13H2,(H,19,21). The fourth-order valence-corrected chi connectivity index (χ4v) is 3.93. The van der Waals surface area contributed by atoms with E-state index in [9.17, 15) is 4.79 Å². The number of nitrogens with zero attached hydrogens (tertiary/aromatic N) is 1. The molecule has 0 saturated carbocycles. The Labute approximate surface area is 142 Å². The summed E-state index contributed by atoms with van der Waals surface area (Å²) >= 11 is 2.02. The number of nitrogens with one attached hydrogen (secondary N) is 2. The van der Waals surface area contributed by atoms with Crippen LogP contribution < -0.4 is 10.6 Å². The molecule has 1 amide bonds. The van der Waals surface area contributed by atoms with Gasteiger partial charge in [-0.25, -0.2) is 0 Å². The minimum atomic E-state index is 0.0412. The summed E-state index contributed by atoms with van der Waals surface area (Å²) in [6, 6.07) is 8.32. The number of benzene rings is 1. The van der Waals surface area contributed by atoms with E-state index in [-0.39, 0.29) is 11.9 Å². The molecule has 23 heavy (non-hydrogen) atoms. The smallest absolute Gasteiger partial charge is 0.226 e. The predicted octanol–water partition coefficient (Wildman–Crippen LogP) is 1.55. The van der Waals surface area contributed by atoms with E-state index in [0.29, 0.717) is 13.0 Å². The van der Waals surface area contributed by atoms with Crippen LogP contribution in [-0.2, 0) is 16.1 Å². The summed E-state index contributed by atoms with van der Waals surface area (Å²) in [4.78, 5) is 14.6. The van der Waals surface area contributed by atoms with Crippen molar-refractivity contribution in [1.29, 1.82) is 0 Å². The Morgan fingerprint density at radius 1 is 1.39 bits per heavy atom. The van der Waals surface area contributed by atoms with E-state index in [1.54, 1.807) is 0 Å². The molecule has 2 aliphatic heterocycles. The molecular weight excluding hydrogens is 310 g/mol. The van der Waals surface area contributed by atoms with Gasteiger partial charge < -0.3 is 15.4 Å². The van der Waals surface area contributed by atoms with Crippen molar-refractivity contribution >= 4 is 23.4 Å². The Balaban J connectivity index is 1.50. The fraction of sp³-hybridized carbons (Fsp3) is 0.588. The number of ether oxygens (including phenoxy) is 1. The van der Waals surface area contributed by atoms with Gasteiger partial charge in [-0.05, 0) is 17.7 Å². The molecular formula is C17H25N3O2S. The minimum absolute atomic E-state index is 0.0412. The predicted molar refractivity (Wildman–Crippen MR) is 94.9 cm³/mol. The monoisotopic (exact) mass is 335 g/mol. The van der Waals surface area contributed by atoms with Crippen molar-refractivity contribution in [1.82, 2.24) is 10.2 Å². The SMILES string of the molecule is O=C(CC1COCCN1)Nc1cccc(CN2CCSCC2)c1. The van der Waals surface area contributed by atoms with E-state index in [0.717, 1.165) is 38.5 Å². The molecule has 6 heteroatoms. The molecule has 1 aromatic carbocycles. The van der Waals surface area contributed by atoms with Crippen molar-refractivity contribution in [2.24, 2.45) is 0 Å². The molecule has 1 unspecified atom stereocenters. The second-order valence-corrected chi connectivity index (χ2v) is 7.29. The molecule has 126 valence electrons. The van der Waals surface area contributed by atoms with Crippen LogP contribution in [0.4, 0.5) is 5.69 Å². The first-order chi connectivity index (χ1) is 11.3. The first-order valence-electron chi connectivity index (χ1n) is 8.29. The summed E-state index contributed by atoms with van der Waals surface area (Å²) in [5.74, 6) is 2.47. The molecule has 1 atom stereocenters. The molecule has 0 spiro atoms. The zero-order valence-electron chi connectivity index (χ0n) is 13.4. The summed E-state index contributed by atoms with van der Waals surface area (Å²) < 4.78 is 5.39. The van der Waals surface area contributed by atoms with Crippen LogP contribution in [0.5, 0.6) is 0 Å². The van der Waals surface area contributed by atoms with E-state index >= 15 is 0 Å². The highest BCUT2D eigenvalue weighted by Crippen LogP contribution is 2.16. The first kappa shape index (κ1) is 16.8. The highest BCUT2D eigenvalue weighted by Gasteiger charge is 2.17. The van der Waals surface area contributed by atoms with Gasteiger partial charge in [-0.1, -0.05) is 12.1 Å². The fourth-order valence-electron chi connectivity index (χ4n) is 2.95. The highest BCUT2D eigenvalue weighted by atomic mass is 32.2. The van der Waals surface area contributed by atoms with Gasteiger partial charge in [-0.3, -0.25) is 9.69 Å². The van der Waals surface area contributed by atoms with Gasteiger partial charge in [0, 0.05) is 55.8 Å². The normalized spacial score (nSPS) is 22.7. The molecule has 2 fully saturated rings. The summed E-state index contributed by atoms with van der Waals surface area (Å²) in [6.07, 6.45) is 0.452. The van der Waals surface area contributed by atoms with Crippen molar-refractivity contribution in [3.05, 3.63) is 29.8 Å². The molecule has 0 radical (unpaired) electrons. The minimum Gasteiger partial charge on any atom is -0.378 e.